The zero-order valence-corrected chi connectivity index (χ0v) is 38.5. The Morgan fingerprint density at radius 2 is 0.717 bits per heavy atom. The van der Waals surface area contributed by atoms with Crippen molar-refractivity contribution >= 4 is 45.5 Å². The number of hydrogen-bond donors (Lipinski definition) is 0. The summed E-state index contributed by atoms with van der Waals surface area (Å²) >= 11 is 0. The van der Waals surface area contributed by atoms with E-state index in [-0.39, 0.29) is 0 Å². The van der Waals surface area contributed by atoms with Crippen molar-refractivity contribution in [2.45, 2.75) is 144 Å². The van der Waals surface area contributed by atoms with Crippen LogP contribution in [0.15, 0.2) is 121 Å². The topological polar surface area (TPSA) is 12.5 Å². The fourth-order valence-corrected chi connectivity index (χ4v) is 8.32. The van der Waals surface area contributed by atoms with E-state index in [0.29, 0.717) is 0 Å². The van der Waals surface area contributed by atoms with Crippen molar-refractivity contribution in [3.8, 4) is 0 Å². The second kappa shape index (κ2) is 25.8. The molecule has 0 fully saturated rings. The quantitative estimate of drug-likeness (QED) is 0.0356. The van der Waals surface area contributed by atoms with Crippen molar-refractivity contribution < 1.29 is 4.58 Å². The molecule has 0 saturated carbocycles. The van der Waals surface area contributed by atoms with E-state index >= 15 is 0 Å². The first-order valence-corrected chi connectivity index (χ1v) is 24.0. The summed E-state index contributed by atoms with van der Waals surface area (Å²) in [6.07, 6.45) is 30.0. The molecule has 1 aliphatic carbocycles. The van der Waals surface area contributed by atoms with Gasteiger partial charge in [-0.25, -0.2) is 4.58 Å². The van der Waals surface area contributed by atoms with Crippen LogP contribution < -0.4 is 14.4 Å². The highest BCUT2D eigenvalue weighted by molar-refractivity contribution is 6.18. The van der Waals surface area contributed by atoms with Crippen molar-refractivity contribution in [2.75, 3.05) is 36.0 Å². The maximum atomic E-state index is 2.64. The lowest BCUT2D eigenvalue weighted by Crippen LogP contribution is -2.26. The summed E-state index contributed by atoms with van der Waals surface area (Å²) < 4.78 is 5.09. The third-order valence-corrected chi connectivity index (χ3v) is 12.0. The highest BCUT2D eigenvalue weighted by atomic mass is 15.1. The minimum absolute atomic E-state index is 1.13. The predicted octanol–water partition coefficient (Wildman–Crippen LogP) is 15.8. The van der Waals surface area contributed by atoms with Gasteiger partial charge in [-0.1, -0.05) is 127 Å². The van der Waals surface area contributed by atoms with Gasteiger partial charge in [0.15, 0.2) is 5.71 Å². The van der Waals surface area contributed by atoms with Gasteiger partial charge in [0.25, 0.3) is 0 Å². The monoisotopic (exact) mass is 807 g/mol. The highest BCUT2D eigenvalue weighted by Gasteiger charge is 2.23. The lowest BCUT2D eigenvalue weighted by atomic mass is 10.1. The molecule has 0 unspecified atom stereocenters. The summed E-state index contributed by atoms with van der Waals surface area (Å²) in [5.74, 6) is 0. The van der Waals surface area contributed by atoms with Crippen LogP contribution in [-0.4, -0.2) is 42.2 Å². The lowest BCUT2D eigenvalue weighted by molar-refractivity contribution is -0.527. The van der Waals surface area contributed by atoms with Crippen LogP contribution in [-0.2, 0) is 0 Å². The van der Waals surface area contributed by atoms with Crippen LogP contribution in [0.3, 0.4) is 0 Å². The first-order chi connectivity index (χ1) is 29.4. The second-order valence-corrected chi connectivity index (χ2v) is 17.1. The average molecular weight is 807 g/mol. The van der Waals surface area contributed by atoms with Gasteiger partial charge in [0.2, 0.25) is 17.1 Å². The molecular weight excluding hydrogens is 729 g/mol. The van der Waals surface area contributed by atoms with Gasteiger partial charge < -0.3 is 9.80 Å². The molecule has 4 nitrogen and oxygen atoms in total. The summed E-state index contributed by atoms with van der Waals surface area (Å²) in [4.78, 5) is 5.01. The van der Waals surface area contributed by atoms with Gasteiger partial charge >= 0.3 is 0 Å². The maximum Gasteiger partial charge on any atom is 0.212 e. The van der Waals surface area contributed by atoms with Gasteiger partial charge in [-0.2, -0.15) is 4.58 Å². The maximum absolute atomic E-state index is 2.64. The molecular formula is C56H78N4+2. The molecule has 4 heteroatoms. The fraction of sp³-hybridized carbons (Fsp3) is 0.464. The first-order valence-electron chi connectivity index (χ1n) is 24.0. The molecule has 0 radical (unpaired) electrons. The number of hydrogen-bond acceptors (Lipinski definition) is 2. The van der Waals surface area contributed by atoms with Crippen LogP contribution in [0.1, 0.15) is 142 Å². The molecule has 320 valence electrons. The Kier molecular flexibility index (Phi) is 20.0. The van der Waals surface area contributed by atoms with Crippen LogP contribution in [0.2, 0.25) is 0 Å². The van der Waals surface area contributed by atoms with Crippen LogP contribution in [0, 0.1) is 13.8 Å². The number of rotatable bonds is 26. The van der Waals surface area contributed by atoms with Gasteiger partial charge in [0.1, 0.15) is 13.1 Å². The smallest absolute Gasteiger partial charge is 0.212 e. The van der Waals surface area contributed by atoms with E-state index in [4.69, 9.17) is 0 Å². The summed E-state index contributed by atoms with van der Waals surface area (Å²) in [5.41, 5.74) is 12.2. The number of anilines is 4. The molecule has 0 heterocycles. The molecule has 1 aliphatic rings. The molecule has 0 aliphatic heterocycles. The van der Waals surface area contributed by atoms with E-state index in [1.165, 1.54) is 137 Å². The summed E-state index contributed by atoms with van der Waals surface area (Å²) in [7, 11) is 0. The Morgan fingerprint density at radius 3 is 1.12 bits per heavy atom. The number of nitrogens with zero attached hydrogens (tertiary/aromatic N) is 4. The Hall–Kier alpha value is -4.70. The van der Waals surface area contributed by atoms with Gasteiger partial charge in [-0.05, 0) is 88.1 Å². The van der Waals surface area contributed by atoms with Crippen molar-refractivity contribution in [1.29, 1.82) is 0 Å². The van der Waals surface area contributed by atoms with E-state index in [9.17, 15) is 0 Å². The number of aryl methyl sites for hydroxylation is 2. The molecule has 5 rings (SSSR count). The molecule has 60 heavy (non-hydrogen) atoms. The van der Waals surface area contributed by atoms with Gasteiger partial charge in [0, 0.05) is 97.3 Å². The van der Waals surface area contributed by atoms with Gasteiger partial charge in [0.05, 0.1) is 0 Å². The van der Waals surface area contributed by atoms with E-state index < -0.39 is 0 Å². The minimum atomic E-state index is 1.13. The molecule has 0 N–H and O–H groups in total. The van der Waals surface area contributed by atoms with Crippen LogP contribution in [0.5, 0.6) is 0 Å². The predicted molar refractivity (Wildman–Crippen MR) is 266 cm³/mol. The number of unbranched alkanes of at least 4 members (excludes halogenated alkanes) is 12. The van der Waals surface area contributed by atoms with Crippen molar-refractivity contribution in [2.24, 2.45) is 0 Å². The molecule has 4 aromatic carbocycles. The molecule has 4 aromatic rings. The standard InChI is InChI=1S/C56H78N4/c1-7-11-15-19-43-57(44-20-16-12-8-2)49-31-35-53(36-32-49)60(54-37-33-50(34-38-54)58(45-21-17-13-9-3)46-22-18-14-10-4)56-41-39-55(40-42-56)59(51-27-23-47(5)24-28-51)52-29-25-48(6)26-30-52/h23-42H,7-22,43-46H2,1-6H3/q+2. The molecule has 0 saturated heterocycles. The van der Waals surface area contributed by atoms with Crippen molar-refractivity contribution in [3.63, 3.8) is 0 Å². The molecule has 0 spiro atoms. The van der Waals surface area contributed by atoms with Crippen LogP contribution >= 0.6 is 0 Å². The van der Waals surface area contributed by atoms with E-state index in [2.05, 4.69) is 182 Å². The number of allylic oxidation sites excluding steroid dienone is 4. The highest BCUT2D eigenvalue weighted by Crippen LogP contribution is 2.36. The Morgan fingerprint density at radius 1 is 0.367 bits per heavy atom. The molecule has 0 bridgehead atoms. The summed E-state index contributed by atoms with van der Waals surface area (Å²) in [6.45, 7) is 18.0. The van der Waals surface area contributed by atoms with Crippen molar-refractivity contribution in [1.82, 2.24) is 4.58 Å². The van der Waals surface area contributed by atoms with Crippen LogP contribution in [0.4, 0.5) is 34.1 Å². The normalized spacial score (nSPS) is 12.3. The zero-order valence-electron chi connectivity index (χ0n) is 38.5. The fourth-order valence-electron chi connectivity index (χ4n) is 8.32. The average Bonchev–Trinajstić information content (AvgIpc) is 3.28. The van der Waals surface area contributed by atoms with Gasteiger partial charge in [-0.15, -0.1) is 0 Å². The SMILES string of the molecule is CCCCCCN(CCCCCC)c1ccc([N+](=C2C=CC(=[N+](CCCCCC)CCCCCC)C=C2)c2ccc(N(c3ccc(C)cc3)c3ccc(C)cc3)cc2)cc1. The summed E-state index contributed by atoms with van der Waals surface area (Å²) in [6, 6.07) is 36.3. The second-order valence-electron chi connectivity index (χ2n) is 17.1. The lowest BCUT2D eigenvalue weighted by Gasteiger charge is -2.26. The van der Waals surface area contributed by atoms with E-state index in [1.807, 2.05) is 0 Å². The Bertz CT molecular complexity index is 1860. The Balaban J connectivity index is 1.53. The third kappa shape index (κ3) is 14.2. The third-order valence-electron chi connectivity index (χ3n) is 12.0. The van der Waals surface area contributed by atoms with Crippen LogP contribution in [0.25, 0.3) is 0 Å². The van der Waals surface area contributed by atoms with Gasteiger partial charge in [-0.3, -0.25) is 0 Å². The van der Waals surface area contributed by atoms with E-state index in [1.54, 1.807) is 0 Å². The zero-order chi connectivity index (χ0) is 42.4. The molecule has 0 amide bonds. The number of benzene rings is 4. The Labute approximate surface area is 366 Å². The molecule has 0 atom stereocenters. The largest absolute Gasteiger partial charge is 0.372 e. The van der Waals surface area contributed by atoms with Crippen molar-refractivity contribution in [3.05, 3.63) is 132 Å². The van der Waals surface area contributed by atoms with E-state index in [0.717, 1.165) is 48.9 Å². The molecule has 0 aromatic heterocycles. The summed E-state index contributed by atoms with van der Waals surface area (Å²) in [5, 5.41) is 0. The first kappa shape index (κ1) is 46.4. The minimum Gasteiger partial charge on any atom is -0.372 e.